The standard InChI is InChI=1S/C17H23BrN5/c18-13-11-21-17-12(5-6-20-17)16(13)23-9-7-22(8-10-23)15-4-2-1-3-14(15)19/h5-6,11,15H,1-4,7-10,19H2,(H,20,21)/t15-/m1/s1. The number of rotatable bonds is 2. The average Bonchev–Trinajstić information content (AvgIpc) is 3.04. The Balaban J connectivity index is 1.50. The Kier molecular flexibility index (Phi) is 4.30. The Hall–Kier alpha value is -1.11. The normalized spacial score (nSPS) is 24.4. The predicted molar refractivity (Wildman–Crippen MR) is 97.3 cm³/mol. The first-order valence-electron chi connectivity index (χ1n) is 8.46. The van der Waals surface area contributed by atoms with E-state index in [9.17, 15) is 0 Å². The minimum atomic E-state index is 0.499. The van der Waals surface area contributed by atoms with Crippen LogP contribution in [-0.4, -0.2) is 47.1 Å². The lowest BCUT2D eigenvalue weighted by atomic mass is 9.89. The summed E-state index contributed by atoms with van der Waals surface area (Å²) in [5, 5.41) is 1.19. The van der Waals surface area contributed by atoms with Crippen molar-refractivity contribution in [3.63, 3.8) is 0 Å². The summed E-state index contributed by atoms with van der Waals surface area (Å²) < 4.78 is 1.07. The highest BCUT2D eigenvalue weighted by Gasteiger charge is 2.31. The minimum absolute atomic E-state index is 0.499. The van der Waals surface area contributed by atoms with Crippen molar-refractivity contribution >= 4 is 32.7 Å². The first-order valence-corrected chi connectivity index (χ1v) is 9.25. The van der Waals surface area contributed by atoms with Crippen LogP contribution in [0, 0.1) is 6.04 Å². The van der Waals surface area contributed by atoms with Gasteiger partial charge in [0.1, 0.15) is 5.65 Å². The van der Waals surface area contributed by atoms with E-state index in [-0.39, 0.29) is 0 Å². The zero-order valence-corrected chi connectivity index (χ0v) is 14.8. The summed E-state index contributed by atoms with van der Waals surface area (Å²) in [6.07, 6.45) is 8.76. The number of nitrogens with two attached hydrogens (primary N) is 1. The van der Waals surface area contributed by atoms with Crippen LogP contribution in [0.1, 0.15) is 25.7 Å². The Labute approximate surface area is 145 Å². The van der Waals surface area contributed by atoms with Gasteiger partial charge in [0, 0.05) is 50.0 Å². The molecule has 1 aliphatic heterocycles. The number of hydrogen-bond acceptors (Lipinski definition) is 4. The summed E-state index contributed by atoms with van der Waals surface area (Å²) in [5.74, 6) is 0. The van der Waals surface area contributed by atoms with Crippen molar-refractivity contribution in [2.24, 2.45) is 5.73 Å². The molecule has 0 amide bonds. The largest absolute Gasteiger partial charge is 0.367 e. The van der Waals surface area contributed by atoms with Crippen molar-refractivity contribution in [1.29, 1.82) is 0 Å². The molecule has 3 N–H and O–H groups in total. The lowest BCUT2D eigenvalue weighted by molar-refractivity contribution is 0.162. The monoisotopic (exact) mass is 376 g/mol. The van der Waals surface area contributed by atoms with Crippen molar-refractivity contribution < 1.29 is 0 Å². The van der Waals surface area contributed by atoms with Crippen LogP contribution in [0.15, 0.2) is 22.9 Å². The molecule has 6 heteroatoms. The quantitative estimate of drug-likeness (QED) is 0.845. The van der Waals surface area contributed by atoms with Gasteiger partial charge in [-0.15, -0.1) is 0 Å². The van der Waals surface area contributed by atoms with Crippen LogP contribution in [0.3, 0.4) is 0 Å². The van der Waals surface area contributed by atoms with E-state index in [4.69, 9.17) is 5.73 Å². The van der Waals surface area contributed by atoms with Crippen LogP contribution in [0.4, 0.5) is 5.69 Å². The van der Waals surface area contributed by atoms with Crippen molar-refractivity contribution in [1.82, 2.24) is 14.9 Å². The maximum atomic E-state index is 6.28. The number of aromatic nitrogens is 2. The first kappa shape index (κ1) is 15.4. The van der Waals surface area contributed by atoms with E-state index in [1.54, 1.807) is 0 Å². The van der Waals surface area contributed by atoms with Crippen LogP contribution in [0.5, 0.6) is 0 Å². The Morgan fingerprint density at radius 3 is 2.83 bits per heavy atom. The van der Waals surface area contributed by atoms with Gasteiger partial charge in [-0.25, -0.2) is 4.98 Å². The highest BCUT2D eigenvalue weighted by atomic mass is 79.9. The molecule has 4 rings (SSSR count). The van der Waals surface area contributed by atoms with Gasteiger partial charge >= 0.3 is 0 Å². The zero-order valence-electron chi connectivity index (χ0n) is 13.3. The summed E-state index contributed by atoms with van der Waals surface area (Å²) in [7, 11) is 0. The lowest BCUT2D eigenvalue weighted by Crippen LogP contribution is -2.54. The van der Waals surface area contributed by atoms with Gasteiger partial charge < -0.3 is 15.6 Å². The van der Waals surface area contributed by atoms with Crippen LogP contribution in [0.25, 0.3) is 11.0 Å². The van der Waals surface area contributed by atoms with Gasteiger partial charge in [-0.2, -0.15) is 0 Å². The van der Waals surface area contributed by atoms with E-state index in [0.29, 0.717) is 6.04 Å². The number of piperazine rings is 1. The SMILES string of the molecule is N[C]1CCCC[C@H]1N1CCN(c2c(Br)cnc3[nH]ccc23)CC1. The summed E-state index contributed by atoms with van der Waals surface area (Å²) in [5.41, 5.74) is 8.50. The van der Waals surface area contributed by atoms with E-state index in [0.717, 1.165) is 42.7 Å². The summed E-state index contributed by atoms with van der Waals surface area (Å²) >= 11 is 3.68. The third-order valence-electron chi connectivity index (χ3n) is 5.21. The van der Waals surface area contributed by atoms with Gasteiger partial charge in [0.05, 0.1) is 16.2 Å². The van der Waals surface area contributed by atoms with Crippen LogP contribution in [0.2, 0.25) is 0 Å². The van der Waals surface area contributed by atoms with Crippen molar-refractivity contribution in [3.8, 4) is 0 Å². The maximum absolute atomic E-state index is 6.28. The smallest absolute Gasteiger partial charge is 0.139 e. The molecule has 3 heterocycles. The molecule has 1 radical (unpaired) electrons. The summed E-state index contributed by atoms with van der Waals surface area (Å²) in [6, 6.07) is 3.81. The maximum Gasteiger partial charge on any atom is 0.139 e. The van der Waals surface area contributed by atoms with Crippen LogP contribution < -0.4 is 10.6 Å². The highest BCUT2D eigenvalue weighted by molar-refractivity contribution is 9.10. The molecule has 0 spiro atoms. The summed E-state index contributed by atoms with van der Waals surface area (Å²) in [4.78, 5) is 12.7. The number of H-pyrrole nitrogens is 1. The average molecular weight is 377 g/mol. The number of hydrogen-bond donors (Lipinski definition) is 2. The Bertz CT molecular complexity index is 677. The molecule has 1 aliphatic carbocycles. The van der Waals surface area contributed by atoms with Gasteiger partial charge in [-0.3, -0.25) is 4.90 Å². The van der Waals surface area contributed by atoms with Crippen molar-refractivity contribution in [2.75, 3.05) is 31.1 Å². The van der Waals surface area contributed by atoms with Gasteiger partial charge in [0.25, 0.3) is 0 Å². The fourth-order valence-corrected chi connectivity index (χ4v) is 4.55. The van der Waals surface area contributed by atoms with E-state index in [1.165, 1.54) is 36.4 Å². The second kappa shape index (κ2) is 6.42. The number of fused-ring (bicyclic) bond motifs is 1. The third-order valence-corrected chi connectivity index (χ3v) is 5.79. The molecule has 0 aromatic carbocycles. The predicted octanol–water partition coefficient (Wildman–Crippen LogP) is 2.88. The Morgan fingerprint density at radius 1 is 1.22 bits per heavy atom. The molecule has 2 aromatic heterocycles. The van der Waals surface area contributed by atoms with E-state index < -0.39 is 0 Å². The van der Waals surface area contributed by atoms with Crippen LogP contribution >= 0.6 is 15.9 Å². The number of anilines is 1. The molecule has 5 nitrogen and oxygen atoms in total. The molecule has 2 fully saturated rings. The van der Waals surface area contributed by atoms with Crippen molar-refractivity contribution in [2.45, 2.75) is 31.7 Å². The molecule has 0 unspecified atom stereocenters. The molecule has 1 saturated heterocycles. The zero-order chi connectivity index (χ0) is 15.8. The highest BCUT2D eigenvalue weighted by Crippen LogP contribution is 2.34. The molecule has 23 heavy (non-hydrogen) atoms. The summed E-state index contributed by atoms with van der Waals surface area (Å²) in [6.45, 7) is 4.22. The number of nitrogens with one attached hydrogen (secondary N) is 1. The van der Waals surface area contributed by atoms with Gasteiger partial charge in [0.15, 0.2) is 0 Å². The molecule has 2 aliphatic rings. The van der Waals surface area contributed by atoms with Crippen LogP contribution in [-0.2, 0) is 0 Å². The van der Waals surface area contributed by atoms with E-state index in [1.807, 2.05) is 12.4 Å². The van der Waals surface area contributed by atoms with Gasteiger partial charge in [-0.1, -0.05) is 12.8 Å². The lowest BCUT2D eigenvalue weighted by Gasteiger charge is -2.43. The Morgan fingerprint density at radius 2 is 2.04 bits per heavy atom. The third kappa shape index (κ3) is 2.88. The van der Waals surface area contributed by atoms with E-state index in [2.05, 4.69) is 41.8 Å². The molecule has 0 bridgehead atoms. The number of nitrogens with zero attached hydrogens (tertiary/aromatic N) is 3. The second-order valence-electron chi connectivity index (χ2n) is 6.55. The fraction of sp³-hybridized carbons (Fsp3) is 0.529. The molecular formula is C17H23BrN5. The molecule has 1 saturated carbocycles. The fourth-order valence-electron chi connectivity index (χ4n) is 3.98. The van der Waals surface area contributed by atoms with E-state index >= 15 is 0 Å². The second-order valence-corrected chi connectivity index (χ2v) is 7.41. The van der Waals surface area contributed by atoms with Crippen molar-refractivity contribution in [3.05, 3.63) is 29.0 Å². The molecular weight excluding hydrogens is 354 g/mol. The number of aromatic amines is 1. The molecule has 1 atom stereocenters. The molecule has 2 aromatic rings. The first-order chi connectivity index (χ1) is 11.2. The molecule has 123 valence electrons. The number of pyridine rings is 1. The topological polar surface area (TPSA) is 61.2 Å². The minimum Gasteiger partial charge on any atom is -0.367 e. The number of halogens is 1. The van der Waals surface area contributed by atoms with Gasteiger partial charge in [0.2, 0.25) is 0 Å². The van der Waals surface area contributed by atoms with Gasteiger partial charge in [-0.05, 0) is 34.8 Å².